The third-order valence-corrected chi connectivity index (χ3v) is 3.80. The van der Waals surface area contributed by atoms with Gasteiger partial charge in [0.1, 0.15) is 5.82 Å². The van der Waals surface area contributed by atoms with Crippen LogP contribution >= 0.6 is 23.2 Å². The topological polar surface area (TPSA) is 32.3 Å². The summed E-state index contributed by atoms with van der Waals surface area (Å²) >= 11 is 12.1. The Bertz CT molecular complexity index is 499. The van der Waals surface area contributed by atoms with Gasteiger partial charge in [0.2, 0.25) is 5.91 Å². The van der Waals surface area contributed by atoms with Crippen molar-refractivity contribution in [3.8, 4) is 0 Å². The minimum Gasteiger partial charge on any atom is -0.308 e. The summed E-state index contributed by atoms with van der Waals surface area (Å²) in [5.41, 5.74) is 0.398. The molecule has 110 valence electrons. The van der Waals surface area contributed by atoms with Crippen molar-refractivity contribution in [1.29, 1.82) is 0 Å². The SMILES string of the molecule is CC(C)NC1CCCN(c2c(Cl)cc(F)cc2Cl)C1=O. The summed E-state index contributed by atoms with van der Waals surface area (Å²) in [4.78, 5) is 14.1. The van der Waals surface area contributed by atoms with Gasteiger partial charge in [0.25, 0.3) is 0 Å². The van der Waals surface area contributed by atoms with Gasteiger partial charge in [0, 0.05) is 12.6 Å². The van der Waals surface area contributed by atoms with E-state index in [0.29, 0.717) is 12.2 Å². The van der Waals surface area contributed by atoms with Gasteiger partial charge in [0.05, 0.1) is 21.8 Å². The number of hydrogen-bond acceptors (Lipinski definition) is 2. The number of halogens is 3. The molecule has 0 bridgehead atoms. The number of amides is 1. The molecule has 0 radical (unpaired) electrons. The molecule has 3 nitrogen and oxygen atoms in total. The van der Waals surface area contributed by atoms with Gasteiger partial charge in [-0.3, -0.25) is 4.79 Å². The summed E-state index contributed by atoms with van der Waals surface area (Å²) in [6.45, 7) is 4.52. The van der Waals surface area contributed by atoms with E-state index in [1.165, 1.54) is 12.1 Å². The van der Waals surface area contributed by atoms with Crippen LogP contribution in [0.2, 0.25) is 10.0 Å². The summed E-state index contributed by atoms with van der Waals surface area (Å²) in [7, 11) is 0. The molecule has 1 saturated heterocycles. The van der Waals surface area contributed by atoms with E-state index in [4.69, 9.17) is 23.2 Å². The minimum atomic E-state index is -0.509. The molecule has 1 aromatic rings. The maximum atomic E-state index is 13.2. The number of hydrogen-bond donors (Lipinski definition) is 1. The summed E-state index contributed by atoms with van der Waals surface area (Å²) in [6.07, 6.45) is 1.63. The number of piperidine rings is 1. The summed E-state index contributed by atoms with van der Waals surface area (Å²) in [5, 5.41) is 3.55. The standard InChI is InChI=1S/C14H17Cl2FN2O/c1-8(2)18-12-4-3-5-19(14(12)20)13-10(15)6-9(17)7-11(13)16/h6-8,12,18H,3-5H2,1-2H3. The number of carbonyl (C=O) groups is 1. The Morgan fingerprint density at radius 3 is 2.50 bits per heavy atom. The van der Waals surface area contributed by atoms with Crippen LogP contribution < -0.4 is 10.2 Å². The summed E-state index contributed by atoms with van der Waals surface area (Å²) in [5.74, 6) is -0.578. The third kappa shape index (κ3) is 3.25. The zero-order valence-electron chi connectivity index (χ0n) is 11.4. The van der Waals surface area contributed by atoms with Crippen LogP contribution in [0.5, 0.6) is 0 Å². The normalized spacial score (nSPS) is 19.8. The maximum Gasteiger partial charge on any atom is 0.244 e. The van der Waals surface area contributed by atoms with Crippen molar-refractivity contribution in [1.82, 2.24) is 5.32 Å². The van der Waals surface area contributed by atoms with E-state index in [0.717, 1.165) is 12.8 Å². The van der Waals surface area contributed by atoms with Crippen LogP contribution in [0.15, 0.2) is 12.1 Å². The lowest BCUT2D eigenvalue weighted by Crippen LogP contribution is -2.52. The van der Waals surface area contributed by atoms with E-state index in [-0.39, 0.29) is 28.0 Å². The molecule has 6 heteroatoms. The number of nitrogens with zero attached hydrogens (tertiary/aromatic N) is 1. The lowest BCUT2D eigenvalue weighted by molar-refractivity contribution is -0.121. The molecule has 1 unspecified atom stereocenters. The fourth-order valence-electron chi connectivity index (χ4n) is 2.45. The lowest BCUT2D eigenvalue weighted by atomic mass is 10.0. The number of rotatable bonds is 3. The fraction of sp³-hybridized carbons (Fsp3) is 0.500. The van der Waals surface area contributed by atoms with Crippen molar-refractivity contribution in [2.45, 2.75) is 38.8 Å². The molecule has 1 N–H and O–H groups in total. The molecule has 1 atom stereocenters. The molecule has 1 aliphatic heterocycles. The van der Waals surface area contributed by atoms with Crippen LogP contribution in [0.4, 0.5) is 10.1 Å². The van der Waals surface area contributed by atoms with E-state index < -0.39 is 5.82 Å². The Hall–Kier alpha value is -0.840. The molecule has 1 aromatic carbocycles. The van der Waals surface area contributed by atoms with Crippen LogP contribution in [-0.4, -0.2) is 24.5 Å². The molecule has 0 saturated carbocycles. The van der Waals surface area contributed by atoms with Gasteiger partial charge in [-0.15, -0.1) is 0 Å². The Morgan fingerprint density at radius 1 is 1.35 bits per heavy atom. The summed E-state index contributed by atoms with van der Waals surface area (Å²) in [6, 6.07) is 2.31. The monoisotopic (exact) mass is 318 g/mol. The number of anilines is 1. The van der Waals surface area contributed by atoms with Gasteiger partial charge in [-0.1, -0.05) is 37.0 Å². The van der Waals surface area contributed by atoms with E-state index in [9.17, 15) is 9.18 Å². The average Bonchev–Trinajstić information content (AvgIpc) is 2.32. The van der Waals surface area contributed by atoms with Gasteiger partial charge in [-0.25, -0.2) is 4.39 Å². The van der Waals surface area contributed by atoms with Gasteiger partial charge >= 0.3 is 0 Å². The van der Waals surface area contributed by atoms with Crippen LogP contribution in [0, 0.1) is 5.82 Å². The van der Waals surface area contributed by atoms with Crippen LogP contribution in [0.1, 0.15) is 26.7 Å². The quantitative estimate of drug-likeness (QED) is 0.923. The van der Waals surface area contributed by atoms with E-state index >= 15 is 0 Å². The van der Waals surface area contributed by atoms with Gasteiger partial charge in [-0.2, -0.15) is 0 Å². The van der Waals surface area contributed by atoms with E-state index in [1.54, 1.807) is 4.90 Å². The second kappa shape index (κ2) is 6.29. The smallest absolute Gasteiger partial charge is 0.244 e. The highest BCUT2D eigenvalue weighted by molar-refractivity contribution is 6.40. The minimum absolute atomic E-state index is 0.0691. The van der Waals surface area contributed by atoms with Crippen molar-refractivity contribution in [3.63, 3.8) is 0 Å². The van der Waals surface area contributed by atoms with Crippen molar-refractivity contribution in [2.75, 3.05) is 11.4 Å². The molecule has 0 spiro atoms. The predicted molar refractivity (Wildman–Crippen MR) is 80.1 cm³/mol. The van der Waals surface area contributed by atoms with Crippen molar-refractivity contribution >= 4 is 34.8 Å². The first-order valence-electron chi connectivity index (χ1n) is 6.62. The zero-order chi connectivity index (χ0) is 14.9. The molecule has 0 aliphatic carbocycles. The molecule has 0 aromatic heterocycles. The number of benzene rings is 1. The van der Waals surface area contributed by atoms with Crippen molar-refractivity contribution in [2.24, 2.45) is 0 Å². The van der Waals surface area contributed by atoms with Gasteiger partial charge in [0.15, 0.2) is 0 Å². The summed E-state index contributed by atoms with van der Waals surface area (Å²) < 4.78 is 13.2. The first-order chi connectivity index (χ1) is 9.40. The predicted octanol–water partition coefficient (Wildman–Crippen LogP) is 3.63. The molecule has 20 heavy (non-hydrogen) atoms. The Morgan fingerprint density at radius 2 is 1.95 bits per heavy atom. The zero-order valence-corrected chi connectivity index (χ0v) is 12.9. The maximum absolute atomic E-state index is 13.2. The molecule has 1 fully saturated rings. The average molecular weight is 319 g/mol. The number of carbonyl (C=O) groups excluding carboxylic acids is 1. The van der Waals surface area contributed by atoms with E-state index in [2.05, 4.69) is 5.32 Å². The van der Waals surface area contributed by atoms with Gasteiger partial charge in [-0.05, 0) is 25.0 Å². The molecule has 1 heterocycles. The molecule has 1 amide bonds. The first-order valence-corrected chi connectivity index (χ1v) is 7.37. The third-order valence-electron chi connectivity index (χ3n) is 3.22. The Kier molecular flexibility index (Phi) is 4.89. The van der Waals surface area contributed by atoms with Crippen LogP contribution in [0.25, 0.3) is 0 Å². The van der Waals surface area contributed by atoms with Crippen molar-refractivity contribution in [3.05, 3.63) is 28.0 Å². The Balaban J connectivity index is 2.30. The molecular weight excluding hydrogens is 302 g/mol. The molecule has 1 aliphatic rings. The van der Waals surface area contributed by atoms with Gasteiger partial charge < -0.3 is 10.2 Å². The first kappa shape index (κ1) is 15.5. The second-order valence-corrected chi connectivity index (χ2v) is 6.04. The Labute approximate surface area is 128 Å². The highest BCUT2D eigenvalue weighted by atomic mass is 35.5. The highest BCUT2D eigenvalue weighted by Crippen LogP contribution is 2.36. The lowest BCUT2D eigenvalue weighted by Gasteiger charge is -2.34. The molecule has 2 rings (SSSR count). The largest absolute Gasteiger partial charge is 0.308 e. The van der Waals surface area contributed by atoms with Crippen LogP contribution in [-0.2, 0) is 4.79 Å². The van der Waals surface area contributed by atoms with Crippen molar-refractivity contribution < 1.29 is 9.18 Å². The highest BCUT2D eigenvalue weighted by Gasteiger charge is 2.32. The molecular formula is C14H17Cl2FN2O. The fourth-order valence-corrected chi connectivity index (χ4v) is 3.11. The second-order valence-electron chi connectivity index (χ2n) is 5.22. The van der Waals surface area contributed by atoms with Crippen LogP contribution in [0.3, 0.4) is 0 Å². The number of nitrogens with one attached hydrogen (secondary N) is 1. The van der Waals surface area contributed by atoms with E-state index in [1.807, 2.05) is 13.8 Å².